The molecular formula is C20H35IN4O3S. The van der Waals surface area contributed by atoms with Crippen LogP contribution in [0.2, 0.25) is 0 Å². The number of aliphatic imine (C=N–C) groups is 1. The predicted octanol–water partition coefficient (Wildman–Crippen LogP) is 2.27. The normalized spacial score (nSPS) is 18.3. The molecule has 2 rings (SSSR count). The lowest BCUT2D eigenvalue weighted by atomic mass is 10.2. The Bertz CT molecular complexity index is 722. The molecule has 0 bridgehead atoms. The van der Waals surface area contributed by atoms with Crippen molar-refractivity contribution < 1.29 is 13.2 Å². The van der Waals surface area contributed by atoms with Crippen LogP contribution in [0.5, 0.6) is 5.75 Å². The summed E-state index contributed by atoms with van der Waals surface area (Å²) >= 11 is 0. The first kappa shape index (κ1) is 26.0. The van der Waals surface area contributed by atoms with E-state index < -0.39 is 9.84 Å². The Morgan fingerprint density at radius 3 is 2.45 bits per heavy atom. The third-order valence-electron chi connectivity index (χ3n) is 4.83. The number of likely N-dealkylation sites (N-methyl/N-ethyl adjacent to an activating group) is 1. The number of nitrogens with zero attached hydrogens (tertiary/aromatic N) is 2. The van der Waals surface area contributed by atoms with Gasteiger partial charge in [0.05, 0.1) is 18.1 Å². The fourth-order valence-corrected chi connectivity index (χ4v) is 4.79. The molecule has 0 amide bonds. The van der Waals surface area contributed by atoms with Gasteiger partial charge in [0.25, 0.3) is 0 Å². The van der Waals surface area contributed by atoms with E-state index in [1.807, 2.05) is 31.2 Å². The van der Waals surface area contributed by atoms with Gasteiger partial charge in [-0.25, -0.2) is 13.4 Å². The summed E-state index contributed by atoms with van der Waals surface area (Å²) in [4.78, 5) is 6.91. The van der Waals surface area contributed by atoms with Gasteiger partial charge in [-0.3, -0.25) is 0 Å². The van der Waals surface area contributed by atoms with Gasteiger partial charge in [-0.2, -0.15) is 0 Å². The number of hydrogen-bond donors (Lipinski definition) is 2. The van der Waals surface area contributed by atoms with Gasteiger partial charge >= 0.3 is 0 Å². The van der Waals surface area contributed by atoms with E-state index in [1.165, 1.54) is 0 Å². The van der Waals surface area contributed by atoms with Gasteiger partial charge in [-0.15, -0.1) is 24.0 Å². The van der Waals surface area contributed by atoms with E-state index in [-0.39, 0.29) is 41.5 Å². The summed E-state index contributed by atoms with van der Waals surface area (Å²) in [5.41, 5.74) is 1.08. The fraction of sp³-hybridized carbons (Fsp3) is 0.650. The minimum absolute atomic E-state index is 0. The zero-order valence-electron chi connectivity index (χ0n) is 17.7. The summed E-state index contributed by atoms with van der Waals surface area (Å²) < 4.78 is 29.1. The summed E-state index contributed by atoms with van der Waals surface area (Å²) in [6.07, 6.45) is 0.631. The Morgan fingerprint density at radius 2 is 1.90 bits per heavy atom. The average molecular weight is 538 g/mol. The maximum Gasteiger partial charge on any atom is 0.191 e. The Morgan fingerprint density at radius 1 is 1.21 bits per heavy atom. The molecule has 2 N–H and O–H groups in total. The Labute approximate surface area is 192 Å². The number of halogens is 1. The number of guanidine groups is 1. The number of benzene rings is 1. The Balaban J connectivity index is 0.00000420. The third kappa shape index (κ3) is 9.52. The molecule has 29 heavy (non-hydrogen) atoms. The van der Waals surface area contributed by atoms with Crippen molar-refractivity contribution in [1.29, 1.82) is 0 Å². The van der Waals surface area contributed by atoms with Crippen LogP contribution in [0.15, 0.2) is 29.3 Å². The molecule has 1 heterocycles. The average Bonchev–Trinajstić information content (AvgIpc) is 3.03. The first-order valence-electron chi connectivity index (χ1n) is 10.1. The minimum Gasteiger partial charge on any atom is -0.492 e. The first-order valence-corrected chi connectivity index (χ1v) is 12.0. The number of nitrogens with one attached hydrogen (secondary N) is 2. The fourth-order valence-electron chi connectivity index (χ4n) is 3.12. The second kappa shape index (κ2) is 13.3. The highest BCUT2D eigenvalue weighted by atomic mass is 127. The second-order valence-corrected chi connectivity index (χ2v) is 9.19. The van der Waals surface area contributed by atoms with Gasteiger partial charge in [0.2, 0.25) is 0 Å². The van der Waals surface area contributed by atoms with Crippen LogP contribution in [0, 0.1) is 0 Å². The second-order valence-electron chi connectivity index (χ2n) is 6.96. The highest BCUT2D eigenvalue weighted by Crippen LogP contribution is 2.14. The van der Waals surface area contributed by atoms with Crippen LogP contribution >= 0.6 is 24.0 Å². The van der Waals surface area contributed by atoms with E-state index in [0.29, 0.717) is 25.5 Å². The van der Waals surface area contributed by atoms with E-state index in [4.69, 9.17) is 4.74 Å². The van der Waals surface area contributed by atoms with Crippen LogP contribution < -0.4 is 15.4 Å². The van der Waals surface area contributed by atoms with Crippen LogP contribution in [-0.2, 0) is 16.4 Å². The lowest BCUT2D eigenvalue weighted by Gasteiger charge is -2.18. The molecule has 0 spiro atoms. The molecule has 1 aliphatic heterocycles. The minimum atomic E-state index is -2.91. The van der Waals surface area contributed by atoms with Gasteiger partial charge in [0.1, 0.15) is 12.4 Å². The largest absolute Gasteiger partial charge is 0.492 e. The zero-order chi connectivity index (χ0) is 20.4. The highest BCUT2D eigenvalue weighted by molar-refractivity contribution is 14.0. The van der Waals surface area contributed by atoms with Crippen LogP contribution in [-0.4, -0.2) is 69.6 Å². The Hall–Kier alpha value is -1.07. The molecule has 1 fully saturated rings. The van der Waals surface area contributed by atoms with Crippen molar-refractivity contribution in [2.24, 2.45) is 4.99 Å². The summed E-state index contributed by atoms with van der Waals surface area (Å²) in [5, 5.41) is 6.42. The molecule has 1 aromatic carbocycles. The number of hydrogen-bond acceptors (Lipinski definition) is 5. The molecule has 1 unspecified atom stereocenters. The lowest BCUT2D eigenvalue weighted by Crippen LogP contribution is -2.44. The van der Waals surface area contributed by atoms with Crippen LogP contribution in [0.4, 0.5) is 0 Å². The van der Waals surface area contributed by atoms with Crippen molar-refractivity contribution in [3.63, 3.8) is 0 Å². The van der Waals surface area contributed by atoms with Crippen LogP contribution in [0.25, 0.3) is 0 Å². The molecular weight excluding hydrogens is 503 g/mol. The van der Waals surface area contributed by atoms with Gasteiger partial charge in [-0.1, -0.05) is 26.0 Å². The van der Waals surface area contributed by atoms with Crippen LogP contribution in [0.1, 0.15) is 32.8 Å². The molecule has 0 aliphatic carbocycles. The molecule has 7 nitrogen and oxygen atoms in total. The van der Waals surface area contributed by atoms with Gasteiger partial charge < -0.3 is 20.3 Å². The standard InChI is InChI=1S/C20H34N4O3S.HI/c1-4-21-20(23-18-11-14-28(25,26)16-18)22-15-17-7-9-19(10-8-17)27-13-12-24(5-2)6-3;/h7-10,18H,4-6,11-16H2,1-3H3,(H2,21,22,23);1H. The van der Waals surface area contributed by atoms with Crippen molar-refractivity contribution in [3.8, 4) is 5.75 Å². The van der Waals surface area contributed by atoms with Crippen molar-refractivity contribution in [2.45, 2.75) is 39.8 Å². The lowest BCUT2D eigenvalue weighted by molar-refractivity contribution is 0.223. The molecule has 0 aromatic heterocycles. The van der Waals surface area contributed by atoms with Gasteiger partial charge in [0.15, 0.2) is 15.8 Å². The van der Waals surface area contributed by atoms with E-state index in [9.17, 15) is 8.42 Å². The topological polar surface area (TPSA) is 83.0 Å². The van der Waals surface area contributed by atoms with Crippen LogP contribution in [0.3, 0.4) is 0 Å². The summed E-state index contributed by atoms with van der Waals surface area (Å²) in [5.74, 6) is 1.95. The third-order valence-corrected chi connectivity index (χ3v) is 6.60. The molecule has 166 valence electrons. The molecule has 0 radical (unpaired) electrons. The molecule has 1 saturated heterocycles. The Kier molecular flexibility index (Phi) is 11.9. The maximum atomic E-state index is 11.6. The summed E-state index contributed by atoms with van der Waals surface area (Å²) in [6.45, 7) is 11.2. The number of sulfone groups is 1. The van der Waals surface area contributed by atoms with E-state index in [1.54, 1.807) is 0 Å². The van der Waals surface area contributed by atoms with Gasteiger partial charge in [0, 0.05) is 19.1 Å². The predicted molar refractivity (Wildman–Crippen MR) is 130 cm³/mol. The SMILES string of the molecule is CCNC(=NCc1ccc(OCCN(CC)CC)cc1)NC1CCS(=O)(=O)C1.I. The van der Waals surface area contributed by atoms with Crippen molar-refractivity contribution in [2.75, 3.05) is 44.3 Å². The monoisotopic (exact) mass is 538 g/mol. The van der Waals surface area contributed by atoms with E-state index in [2.05, 4.69) is 34.4 Å². The van der Waals surface area contributed by atoms with Crippen molar-refractivity contribution >= 4 is 39.8 Å². The molecule has 1 aliphatic rings. The van der Waals surface area contributed by atoms with Gasteiger partial charge in [-0.05, 0) is 44.1 Å². The van der Waals surface area contributed by atoms with E-state index in [0.717, 1.165) is 37.5 Å². The molecule has 1 aromatic rings. The zero-order valence-corrected chi connectivity index (χ0v) is 20.8. The van der Waals surface area contributed by atoms with E-state index >= 15 is 0 Å². The quantitative estimate of drug-likeness (QED) is 0.270. The molecule has 0 saturated carbocycles. The molecule has 1 atom stereocenters. The highest BCUT2D eigenvalue weighted by Gasteiger charge is 2.28. The summed E-state index contributed by atoms with van der Waals surface area (Å²) in [7, 11) is -2.91. The summed E-state index contributed by atoms with van der Waals surface area (Å²) in [6, 6.07) is 7.90. The maximum absolute atomic E-state index is 11.6. The smallest absolute Gasteiger partial charge is 0.191 e. The number of ether oxygens (including phenoxy) is 1. The van der Waals surface area contributed by atoms with Crippen molar-refractivity contribution in [1.82, 2.24) is 15.5 Å². The first-order chi connectivity index (χ1) is 13.5. The number of rotatable bonds is 10. The molecule has 9 heteroatoms. The van der Waals surface area contributed by atoms with Crippen molar-refractivity contribution in [3.05, 3.63) is 29.8 Å².